The van der Waals surface area contributed by atoms with E-state index in [1.54, 1.807) is 18.3 Å². The third-order valence-electron chi connectivity index (χ3n) is 2.41. The molecule has 2 rings (SSSR count). The number of halogens is 2. The molecular formula is C12H12ClFN2S. The number of rotatable bonds is 3. The Hall–Kier alpha value is -0.970. The Labute approximate surface area is 108 Å². The normalized spacial score (nSPS) is 12.7. The predicted molar refractivity (Wildman–Crippen MR) is 68.9 cm³/mol. The molecule has 1 heterocycles. The van der Waals surface area contributed by atoms with E-state index in [-0.39, 0.29) is 11.9 Å². The van der Waals surface area contributed by atoms with E-state index in [4.69, 9.17) is 17.3 Å². The number of nitrogens with two attached hydrogens (primary N) is 1. The highest BCUT2D eigenvalue weighted by Crippen LogP contribution is 2.25. The second kappa shape index (κ2) is 5.12. The van der Waals surface area contributed by atoms with Crippen LogP contribution in [0.3, 0.4) is 0 Å². The van der Waals surface area contributed by atoms with Crippen LogP contribution in [-0.4, -0.2) is 4.98 Å². The average Bonchev–Trinajstić information content (AvgIpc) is 2.72. The molecule has 1 aromatic carbocycles. The minimum absolute atomic E-state index is 0.0441. The lowest BCUT2D eigenvalue weighted by Gasteiger charge is -2.03. The third kappa shape index (κ3) is 2.83. The van der Waals surface area contributed by atoms with Gasteiger partial charge in [0.25, 0.3) is 0 Å². The third-order valence-corrected chi connectivity index (χ3v) is 3.96. The maximum absolute atomic E-state index is 13.6. The van der Waals surface area contributed by atoms with Gasteiger partial charge in [-0.2, -0.15) is 0 Å². The minimum Gasteiger partial charge on any atom is -0.323 e. The largest absolute Gasteiger partial charge is 0.323 e. The number of hydrogen-bond acceptors (Lipinski definition) is 3. The smallest absolute Gasteiger partial charge is 0.128 e. The van der Waals surface area contributed by atoms with Crippen molar-refractivity contribution in [2.75, 3.05) is 0 Å². The van der Waals surface area contributed by atoms with Gasteiger partial charge in [0.1, 0.15) is 5.82 Å². The second-order valence-corrected chi connectivity index (χ2v) is 5.38. The summed E-state index contributed by atoms with van der Waals surface area (Å²) in [6.45, 7) is 1.90. The summed E-state index contributed by atoms with van der Waals surface area (Å²) in [7, 11) is 0. The zero-order chi connectivity index (χ0) is 12.4. The van der Waals surface area contributed by atoms with Crippen LogP contribution < -0.4 is 5.73 Å². The van der Waals surface area contributed by atoms with E-state index >= 15 is 0 Å². The summed E-state index contributed by atoms with van der Waals surface area (Å²) in [5.41, 5.74) is 6.24. The van der Waals surface area contributed by atoms with Gasteiger partial charge in [-0.3, -0.25) is 0 Å². The first-order valence-electron chi connectivity index (χ1n) is 5.21. The molecule has 0 aliphatic rings. The number of nitrogens with zero attached hydrogens (tertiary/aromatic N) is 1. The monoisotopic (exact) mass is 270 g/mol. The first kappa shape index (κ1) is 12.5. The Kier molecular flexibility index (Phi) is 3.76. The van der Waals surface area contributed by atoms with Crippen LogP contribution >= 0.6 is 22.9 Å². The van der Waals surface area contributed by atoms with Gasteiger partial charge in [-0.1, -0.05) is 17.7 Å². The van der Waals surface area contributed by atoms with Crippen molar-refractivity contribution >= 4 is 22.9 Å². The Bertz CT molecular complexity index is 505. The van der Waals surface area contributed by atoms with Crippen molar-refractivity contribution < 1.29 is 4.39 Å². The van der Waals surface area contributed by atoms with Gasteiger partial charge in [-0.15, -0.1) is 11.3 Å². The van der Waals surface area contributed by atoms with E-state index < -0.39 is 0 Å². The van der Waals surface area contributed by atoms with Crippen LogP contribution in [-0.2, 0) is 6.42 Å². The highest BCUT2D eigenvalue weighted by Gasteiger charge is 2.11. The van der Waals surface area contributed by atoms with E-state index in [9.17, 15) is 4.39 Å². The van der Waals surface area contributed by atoms with Gasteiger partial charge in [-0.25, -0.2) is 9.37 Å². The van der Waals surface area contributed by atoms with E-state index in [1.165, 1.54) is 17.4 Å². The molecule has 90 valence electrons. The molecule has 1 unspecified atom stereocenters. The standard InChI is InChI=1S/C12H12ClFN2S/c1-7(15)11-6-16-12(17-11)5-8-9(13)3-2-4-10(8)14/h2-4,6-7H,5,15H2,1H3. The lowest BCUT2D eigenvalue weighted by Crippen LogP contribution is -2.01. The van der Waals surface area contributed by atoms with Gasteiger partial charge in [0.15, 0.2) is 0 Å². The molecule has 17 heavy (non-hydrogen) atoms. The summed E-state index contributed by atoms with van der Waals surface area (Å²) in [5.74, 6) is -0.296. The topological polar surface area (TPSA) is 38.9 Å². The molecule has 1 aromatic heterocycles. The van der Waals surface area contributed by atoms with Crippen LogP contribution in [0.5, 0.6) is 0 Å². The molecule has 2 nitrogen and oxygen atoms in total. The van der Waals surface area contributed by atoms with Crippen LogP contribution in [0.25, 0.3) is 0 Å². The lowest BCUT2D eigenvalue weighted by molar-refractivity contribution is 0.614. The highest BCUT2D eigenvalue weighted by atomic mass is 35.5. The number of aromatic nitrogens is 1. The van der Waals surface area contributed by atoms with E-state index in [0.29, 0.717) is 17.0 Å². The molecule has 0 saturated carbocycles. The first-order chi connectivity index (χ1) is 8.08. The van der Waals surface area contributed by atoms with Crippen molar-refractivity contribution in [3.63, 3.8) is 0 Å². The summed E-state index contributed by atoms with van der Waals surface area (Å²) in [4.78, 5) is 5.22. The van der Waals surface area contributed by atoms with Gasteiger partial charge in [0.2, 0.25) is 0 Å². The molecule has 2 N–H and O–H groups in total. The van der Waals surface area contributed by atoms with Crippen LogP contribution in [0.15, 0.2) is 24.4 Å². The maximum Gasteiger partial charge on any atom is 0.128 e. The summed E-state index contributed by atoms with van der Waals surface area (Å²) < 4.78 is 13.6. The van der Waals surface area contributed by atoms with Gasteiger partial charge >= 0.3 is 0 Å². The van der Waals surface area contributed by atoms with Crippen molar-refractivity contribution in [1.29, 1.82) is 0 Å². The summed E-state index contributed by atoms with van der Waals surface area (Å²) >= 11 is 7.45. The molecule has 2 aromatic rings. The van der Waals surface area contributed by atoms with Gasteiger partial charge < -0.3 is 5.73 Å². The molecule has 0 bridgehead atoms. The highest BCUT2D eigenvalue weighted by molar-refractivity contribution is 7.11. The maximum atomic E-state index is 13.6. The van der Waals surface area contributed by atoms with Crippen LogP contribution in [0.1, 0.15) is 28.4 Å². The Morgan fingerprint density at radius 1 is 1.53 bits per heavy atom. The second-order valence-electron chi connectivity index (χ2n) is 3.82. The number of hydrogen-bond donors (Lipinski definition) is 1. The fourth-order valence-corrected chi connectivity index (χ4v) is 2.58. The Morgan fingerprint density at radius 3 is 2.88 bits per heavy atom. The van der Waals surface area contributed by atoms with Gasteiger partial charge in [0, 0.05) is 34.1 Å². The van der Waals surface area contributed by atoms with E-state index in [2.05, 4.69) is 4.98 Å². The fourth-order valence-electron chi connectivity index (χ4n) is 1.47. The number of benzene rings is 1. The van der Waals surface area contributed by atoms with Crippen molar-refractivity contribution in [2.45, 2.75) is 19.4 Å². The molecule has 0 amide bonds. The SMILES string of the molecule is CC(N)c1cnc(Cc2c(F)cccc2Cl)s1. The molecule has 0 radical (unpaired) electrons. The van der Waals surface area contributed by atoms with Crippen molar-refractivity contribution in [3.8, 4) is 0 Å². The summed E-state index contributed by atoms with van der Waals surface area (Å²) in [5, 5.41) is 1.26. The molecule has 0 saturated heterocycles. The quantitative estimate of drug-likeness (QED) is 0.926. The molecule has 5 heteroatoms. The first-order valence-corrected chi connectivity index (χ1v) is 6.40. The predicted octanol–water partition coefficient (Wildman–Crippen LogP) is 3.55. The Balaban J connectivity index is 2.25. The Morgan fingerprint density at radius 2 is 2.29 bits per heavy atom. The zero-order valence-corrected chi connectivity index (χ0v) is 10.9. The van der Waals surface area contributed by atoms with Gasteiger partial charge in [0.05, 0.1) is 5.01 Å². The van der Waals surface area contributed by atoms with Crippen LogP contribution in [0.2, 0.25) is 5.02 Å². The molecule has 0 aliphatic heterocycles. The van der Waals surface area contributed by atoms with Crippen LogP contribution in [0, 0.1) is 5.82 Å². The lowest BCUT2D eigenvalue weighted by atomic mass is 10.1. The van der Waals surface area contributed by atoms with E-state index in [0.717, 1.165) is 9.88 Å². The number of thiazole rings is 1. The molecular weight excluding hydrogens is 259 g/mol. The molecule has 0 fully saturated rings. The molecule has 0 spiro atoms. The molecule has 0 aliphatic carbocycles. The molecule has 1 atom stereocenters. The summed E-state index contributed by atoms with van der Waals surface area (Å²) in [6.07, 6.45) is 2.14. The average molecular weight is 271 g/mol. The minimum atomic E-state index is -0.296. The van der Waals surface area contributed by atoms with Crippen molar-refractivity contribution in [2.24, 2.45) is 5.73 Å². The zero-order valence-electron chi connectivity index (χ0n) is 9.28. The fraction of sp³-hybridized carbons (Fsp3) is 0.250. The van der Waals surface area contributed by atoms with E-state index in [1.807, 2.05) is 6.92 Å². The summed E-state index contributed by atoms with van der Waals surface area (Å²) in [6, 6.07) is 4.63. The van der Waals surface area contributed by atoms with Crippen molar-refractivity contribution in [1.82, 2.24) is 4.98 Å². The van der Waals surface area contributed by atoms with Crippen LogP contribution in [0.4, 0.5) is 4.39 Å². The van der Waals surface area contributed by atoms with Gasteiger partial charge in [-0.05, 0) is 19.1 Å². The van der Waals surface area contributed by atoms with Crippen molar-refractivity contribution in [3.05, 3.63) is 50.7 Å².